The fourth-order valence-electron chi connectivity index (χ4n) is 3.60. The highest BCUT2D eigenvalue weighted by molar-refractivity contribution is 5.19. The molecule has 1 aromatic heterocycles. The summed E-state index contributed by atoms with van der Waals surface area (Å²) < 4.78 is 8.19. The minimum absolute atomic E-state index is 0.339. The van der Waals surface area contributed by atoms with E-state index in [0.717, 1.165) is 24.7 Å². The fourth-order valence-corrected chi connectivity index (χ4v) is 3.60. The summed E-state index contributed by atoms with van der Waals surface area (Å²) in [6.07, 6.45) is 6.61. The summed E-state index contributed by atoms with van der Waals surface area (Å²) in [5, 5.41) is 7.96. The van der Waals surface area contributed by atoms with Crippen LogP contribution in [-0.4, -0.2) is 16.8 Å². The molecule has 1 fully saturated rings. The van der Waals surface area contributed by atoms with Gasteiger partial charge in [-0.25, -0.2) is 4.68 Å². The predicted octanol–water partition coefficient (Wildman–Crippen LogP) is 4.15. The van der Waals surface area contributed by atoms with Crippen LogP contribution in [0.4, 0.5) is 0 Å². The van der Waals surface area contributed by atoms with Crippen LogP contribution in [-0.2, 0) is 19.7 Å². The van der Waals surface area contributed by atoms with Crippen molar-refractivity contribution in [3.05, 3.63) is 47.7 Å². The molecule has 4 heteroatoms. The van der Waals surface area contributed by atoms with Gasteiger partial charge >= 0.3 is 0 Å². The number of hydrogen-bond acceptors (Lipinski definition) is 3. The van der Waals surface area contributed by atoms with Crippen molar-refractivity contribution >= 4 is 0 Å². The number of rotatable bonds is 7. The molecule has 0 bridgehead atoms. The fraction of sp³-hybridized carbons (Fsp3) is 0.550. The van der Waals surface area contributed by atoms with Crippen LogP contribution < -0.4 is 10.1 Å². The molecular weight excluding hydrogens is 298 g/mol. The molecule has 3 rings (SSSR count). The third kappa shape index (κ3) is 4.38. The lowest BCUT2D eigenvalue weighted by Gasteiger charge is -2.33. The Balaban J connectivity index is 1.73. The maximum atomic E-state index is 6.11. The lowest BCUT2D eigenvalue weighted by Crippen LogP contribution is -2.27. The first-order valence-corrected chi connectivity index (χ1v) is 9.07. The Labute approximate surface area is 145 Å². The van der Waals surface area contributed by atoms with Gasteiger partial charge in [-0.05, 0) is 30.9 Å². The SMILES string of the molecule is CNCc1cc(OCc2ccccc2)n(CC2(C)CCCCC2)n1. The van der Waals surface area contributed by atoms with Gasteiger partial charge in [0.25, 0.3) is 0 Å². The van der Waals surface area contributed by atoms with Crippen LogP contribution in [0.25, 0.3) is 0 Å². The van der Waals surface area contributed by atoms with Crippen molar-refractivity contribution in [3.63, 3.8) is 0 Å². The van der Waals surface area contributed by atoms with E-state index in [9.17, 15) is 0 Å². The molecule has 0 saturated heterocycles. The molecule has 1 saturated carbocycles. The molecule has 0 aliphatic heterocycles. The molecule has 1 aliphatic carbocycles. The van der Waals surface area contributed by atoms with Crippen molar-refractivity contribution in [2.75, 3.05) is 7.05 Å². The monoisotopic (exact) mass is 327 g/mol. The molecule has 1 aromatic carbocycles. The number of aromatic nitrogens is 2. The number of hydrogen-bond donors (Lipinski definition) is 1. The largest absolute Gasteiger partial charge is 0.473 e. The van der Waals surface area contributed by atoms with E-state index in [1.165, 1.54) is 37.7 Å². The summed E-state index contributed by atoms with van der Waals surface area (Å²) in [5.74, 6) is 0.885. The van der Waals surface area contributed by atoms with Crippen molar-refractivity contribution in [2.24, 2.45) is 5.41 Å². The number of nitrogens with one attached hydrogen (secondary N) is 1. The van der Waals surface area contributed by atoms with Crippen molar-refractivity contribution < 1.29 is 4.74 Å². The Morgan fingerprint density at radius 2 is 1.92 bits per heavy atom. The zero-order chi connectivity index (χ0) is 16.8. The van der Waals surface area contributed by atoms with Gasteiger partial charge in [0.05, 0.1) is 12.2 Å². The van der Waals surface area contributed by atoms with E-state index in [1.807, 2.05) is 25.2 Å². The van der Waals surface area contributed by atoms with E-state index >= 15 is 0 Å². The third-order valence-electron chi connectivity index (χ3n) is 4.97. The Hall–Kier alpha value is -1.81. The second-order valence-corrected chi connectivity index (χ2v) is 7.31. The Kier molecular flexibility index (Phi) is 5.56. The van der Waals surface area contributed by atoms with E-state index < -0.39 is 0 Å². The van der Waals surface area contributed by atoms with Crippen LogP contribution in [0, 0.1) is 5.41 Å². The quantitative estimate of drug-likeness (QED) is 0.830. The molecule has 0 radical (unpaired) electrons. The Bertz CT molecular complexity index is 630. The van der Waals surface area contributed by atoms with Crippen LogP contribution in [0.1, 0.15) is 50.3 Å². The van der Waals surface area contributed by atoms with Crippen molar-refractivity contribution in [1.29, 1.82) is 0 Å². The summed E-state index contributed by atoms with van der Waals surface area (Å²) in [4.78, 5) is 0. The summed E-state index contributed by atoms with van der Waals surface area (Å²) in [7, 11) is 1.95. The Morgan fingerprint density at radius 1 is 1.17 bits per heavy atom. The van der Waals surface area contributed by atoms with Crippen molar-refractivity contribution in [2.45, 2.75) is 58.7 Å². The number of nitrogens with zero attached hydrogens (tertiary/aromatic N) is 2. The highest BCUT2D eigenvalue weighted by Gasteiger charge is 2.28. The molecular formula is C20H29N3O. The second-order valence-electron chi connectivity index (χ2n) is 7.31. The van der Waals surface area contributed by atoms with Gasteiger partial charge in [-0.15, -0.1) is 0 Å². The third-order valence-corrected chi connectivity index (χ3v) is 4.97. The minimum Gasteiger partial charge on any atom is -0.473 e. The lowest BCUT2D eigenvalue weighted by molar-refractivity contribution is 0.161. The molecule has 4 nitrogen and oxygen atoms in total. The van der Waals surface area contributed by atoms with E-state index in [1.54, 1.807) is 0 Å². The average molecular weight is 327 g/mol. The number of benzene rings is 1. The lowest BCUT2D eigenvalue weighted by atomic mass is 9.76. The average Bonchev–Trinajstić information content (AvgIpc) is 2.96. The zero-order valence-corrected chi connectivity index (χ0v) is 14.9. The highest BCUT2D eigenvalue weighted by Crippen LogP contribution is 2.38. The minimum atomic E-state index is 0.339. The Morgan fingerprint density at radius 3 is 2.62 bits per heavy atom. The van der Waals surface area contributed by atoms with Crippen LogP contribution in [0.3, 0.4) is 0 Å². The standard InChI is InChI=1S/C20H29N3O/c1-20(11-7-4-8-12-20)16-23-19(13-18(22-23)14-21-2)24-15-17-9-5-3-6-10-17/h3,5-6,9-10,13,21H,4,7-8,11-12,14-16H2,1-2H3. The van der Waals surface area contributed by atoms with Crippen LogP contribution in [0.5, 0.6) is 5.88 Å². The molecule has 130 valence electrons. The molecule has 0 unspecified atom stereocenters. The van der Waals surface area contributed by atoms with E-state index in [4.69, 9.17) is 9.84 Å². The van der Waals surface area contributed by atoms with Crippen molar-refractivity contribution in [3.8, 4) is 5.88 Å². The first kappa shape index (κ1) is 17.0. The van der Waals surface area contributed by atoms with E-state index in [-0.39, 0.29) is 0 Å². The molecule has 0 atom stereocenters. The smallest absolute Gasteiger partial charge is 0.212 e. The summed E-state index contributed by atoms with van der Waals surface area (Å²) >= 11 is 0. The summed E-state index contributed by atoms with van der Waals surface area (Å²) in [5.41, 5.74) is 2.57. The van der Waals surface area contributed by atoms with E-state index in [2.05, 4.69) is 35.1 Å². The maximum absolute atomic E-state index is 6.11. The number of ether oxygens (including phenoxy) is 1. The molecule has 1 aliphatic rings. The van der Waals surface area contributed by atoms with E-state index in [0.29, 0.717) is 12.0 Å². The topological polar surface area (TPSA) is 39.1 Å². The maximum Gasteiger partial charge on any atom is 0.212 e. The van der Waals surface area contributed by atoms with Gasteiger partial charge in [0.1, 0.15) is 6.61 Å². The zero-order valence-electron chi connectivity index (χ0n) is 14.9. The van der Waals surface area contributed by atoms with Crippen LogP contribution in [0.15, 0.2) is 36.4 Å². The summed E-state index contributed by atoms with van der Waals surface area (Å²) in [6.45, 7) is 4.70. The van der Waals surface area contributed by atoms with Gasteiger partial charge in [0.15, 0.2) is 0 Å². The van der Waals surface area contributed by atoms with Crippen LogP contribution >= 0.6 is 0 Å². The first-order chi connectivity index (χ1) is 11.7. The van der Waals surface area contributed by atoms with Crippen LogP contribution in [0.2, 0.25) is 0 Å². The highest BCUT2D eigenvalue weighted by atomic mass is 16.5. The second kappa shape index (κ2) is 7.84. The first-order valence-electron chi connectivity index (χ1n) is 9.07. The summed E-state index contributed by atoms with van der Waals surface area (Å²) in [6, 6.07) is 12.4. The van der Waals surface area contributed by atoms with Gasteiger partial charge in [-0.3, -0.25) is 0 Å². The molecule has 2 aromatic rings. The predicted molar refractivity (Wildman–Crippen MR) is 97.0 cm³/mol. The molecule has 1 heterocycles. The van der Waals surface area contributed by atoms with Crippen molar-refractivity contribution in [1.82, 2.24) is 15.1 Å². The molecule has 1 N–H and O–H groups in total. The van der Waals surface area contributed by atoms with Gasteiger partial charge in [0.2, 0.25) is 5.88 Å². The van der Waals surface area contributed by atoms with Gasteiger partial charge < -0.3 is 10.1 Å². The van der Waals surface area contributed by atoms with Gasteiger partial charge in [-0.2, -0.15) is 5.10 Å². The molecule has 0 amide bonds. The van der Waals surface area contributed by atoms with Gasteiger partial charge in [-0.1, -0.05) is 56.5 Å². The normalized spacial score (nSPS) is 16.9. The van der Waals surface area contributed by atoms with Gasteiger partial charge in [0, 0.05) is 12.6 Å². The molecule has 0 spiro atoms. The molecule has 24 heavy (non-hydrogen) atoms.